The molecule has 0 aromatic heterocycles. The standard InChI is InChI=1S/C14H17Cl2NO2S/c1-9-4-5-17(13(9)14(18)19)6-7-20-12-8-10(15)2-3-11(12)16/h2-3,8-9,13H,4-7H2,1H3,(H,18,19). The maximum atomic E-state index is 11.3. The minimum atomic E-state index is -0.721. The molecule has 0 saturated carbocycles. The molecule has 2 unspecified atom stereocenters. The monoisotopic (exact) mass is 333 g/mol. The molecule has 0 amide bonds. The van der Waals surface area contributed by atoms with Crippen molar-refractivity contribution in [1.29, 1.82) is 0 Å². The summed E-state index contributed by atoms with van der Waals surface area (Å²) in [6.07, 6.45) is 0.944. The SMILES string of the molecule is CC1CCN(CCSc2cc(Cl)ccc2Cl)C1C(=O)O. The summed E-state index contributed by atoms with van der Waals surface area (Å²) in [6, 6.07) is 5.03. The van der Waals surface area contributed by atoms with E-state index in [0.717, 1.165) is 30.2 Å². The molecule has 1 aromatic rings. The van der Waals surface area contributed by atoms with Crippen LogP contribution in [0.4, 0.5) is 0 Å². The average Bonchev–Trinajstić information content (AvgIpc) is 2.75. The van der Waals surface area contributed by atoms with Gasteiger partial charge in [0.1, 0.15) is 6.04 Å². The van der Waals surface area contributed by atoms with Crippen molar-refractivity contribution >= 4 is 40.9 Å². The summed E-state index contributed by atoms with van der Waals surface area (Å²) < 4.78 is 0. The van der Waals surface area contributed by atoms with Gasteiger partial charge in [-0.1, -0.05) is 30.1 Å². The number of hydrogen-bond acceptors (Lipinski definition) is 3. The van der Waals surface area contributed by atoms with Gasteiger partial charge < -0.3 is 5.11 Å². The number of nitrogens with zero attached hydrogens (tertiary/aromatic N) is 1. The quantitative estimate of drug-likeness (QED) is 0.830. The van der Waals surface area contributed by atoms with Crippen LogP contribution >= 0.6 is 35.0 Å². The highest BCUT2D eigenvalue weighted by molar-refractivity contribution is 7.99. The lowest BCUT2D eigenvalue weighted by atomic mass is 10.0. The number of carboxylic acid groups (broad SMARTS) is 1. The number of halogens is 2. The average molecular weight is 334 g/mol. The van der Waals surface area contributed by atoms with Crippen molar-refractivity contribution in [3.63, 3.8) is 0 Å². The number of carbonyl (C=O) groups is 1. The Morgan fingerprint density at radius 2 is 2.25 bits per heavy atom. The second-order valence-corrected chi connectivity index (χ2v) is 6.99. The van der Waals surface area contributed by atoms with Crippen LogP contribution in [0.3, 0.4) is 0 Å². The Morgan fingerprint density at radius 1 is 1.50 bits per heavy atom. The zero-order chi connectivity index (χ0) is 14.7. The number of hydrogen-bond donors (Lipinski definition) is 1. The molecule has 1 aliphatic rings. The Hall–Kier alpha value is -0.420. The van der Waals surface area contributed by atoms with Gasteiger partial charge in [-0.2, -0.15) is 0 Å². The highest BCUT2D eigenvalue weighted by Gasteiger charge is 2.36. The maximum absolute atomic E-state index is 11.3. The summed E-state index contributed by atoms with van der Waals surface area (Å²) in [5, 5.41) is 10.6. The summed E-state index contributed by atoms with van der Waals surface area (Å²) in [4.78, 5) is 14.3. The Bertz CT molecular complexity index is 498. The van der Waals surface area contributed by atoms with Gasteiger partial charge in [-0.05, 0) is 37.1 Å². The molecular formula is C14H17Cl2NO2S. The Morgan fingerprint density at radius 3 is 2.95 bits per heavy atom. The summed E-state index contributed by atoms with van der Waals surface area (Å²) in [7, 11) is 0. The molecule has 2 rings (SSSR count). The van der Waals surface area contributed by atoms with E-state index < -0.39 is 5.97 Å². The first-order valence-corrected chi connectivity index (χ1v) is 8.28. The Labute approximate surface area is 133 Å². The molecule has 1 saturated heterocycles. The van der Waals surface area contributed by atoms with E-state index in [1.807, 2.05) is 17.9 Å². The molecule has 1 heterocycles. The minimum absolute atomic E-state index is 0.215. The van der Waals surface area contributed by atoms with E-state index in [1.54, 1.807) is 23.9 Å². The fraction of sp³-hybridized carbons (Fsp3) is 0.500. The number of benzene rings is 1. The maximum Gasteiger partial charge on any atom is 0.321 e. The molecule has 1 aliphatic heterocycles. The van der Waals surface area contributed by atoms with Crippen LogP contribution in [0, 0.1) is 5.92 Å². The van der Waals surface area contributed by atoms with Gasteiger partial charge in [0.15, 0.2) is 0 Å². The summed E-state index contributed by atoms with van der Waals surface area (Å²) in [5.41, 5.74) is 0. The summed E-state index contributed by atoms with van der Waals surface area (Å²) in [5.74, 6) is 0.296. The van der Waals surface area contributed by atoms with E-state index in [0.29, 0.717) is 10.0 Å². The number of rotatable bonds is 5. The van der Waals surface area contributed by atoms with E-state index in [-0.39, 0.29) is 12.0 Å². The first kappa shape index (κ1) is 16.0. The second kappa shape index (κ2) is 7.03. The van der Waals surface area contributed by atoms with Gasteiger partial charge >= 0.3 is 5.97 Å². The van der Waals surface area contributed by atoms with Crippen molar-refractivity contribution in [1.82, 2.24) is 4.90 Å². The molecule has 0 radical (unpaired) electrons. The molecule has 0 aliphatic carbocycles. The smallest absolute Gasteiger partial charge is 0.321 e. The molecule has 3 nitrogen and oxygen atoms in total. The number of likely N-dealkylation sites (tertiary alicyclic amines) is 1. The Kier molecular flexibility index (Phi) is 5.61. The molecule has 20 heavy (non-hydrogen) atoms. The van der Waals surface area contributed by atoms with E-state index in [9.17, 15) is 9.90 Å². The zero-order valence-electron chi connectivity index (χ0n) is 11.2. The molecule has 110 valence electrons. The lowest BCUT2D eigenvalue weighted by Gasteiger charge is -2.22. The van der Waals surface area contributed by atoms with Crippen LogP contribution in [0.25, 0.3) is 0 Å². The topological polar surface area (TPSA) is 40.5 Å². The van der Waals surface area contributed by atoms with Crippen molar-refractivity contribution in [2.45, 2.75) is 24.3 Å². The highest BCUT2D eigenvalue weighted by atomic mass is 35.5. The van der Waals surface area contributed by atoms with Crippen molar-refractivity contribution in [3.8, 4) is 0 Å². The van der Waals surface area contributed by atoms with Crippen LogP contribution in [0.2, 0.25) is 10.0 Å². The van der Waals surface area contributed by atoms with Crippen LogP contribution in [0.5, 0.6) is 0 Å². The Balaban J connectivity index is 1.89. The summed E-state index contributed by atoms with van der Waals surface area (Å²) in [6.45, 7) is 3.59. The van der Waals surface area contributed by atoms with Gasteiger partial charge in [0.2, 0.25) is 0 Å². The molecule has 1 aromatic carbocycles. The predicted molar refractivity (Wildman–Crippen MR) is 84.0 cm³/mol. The molecule has 0 spiro atoms. The molecular weight excluding hydrogens is 317 g/mol. The summed E-state index contributed by atoms with van der Waals surface area (Å²) >= 11 is 13.7. The first-order valence-electron chi connectivity index (χ1n) is 6.53. The van der Waals surface area contributed by atoms with Crippen molar-refractivity contribution < 1.29 is 9.90 Å². The fourth-order valence-electron chi connectivity index (χ4n) is 2.54. The van der Waals surface area contributed by atoms with Gasteiger partial charge in [-0.3, -0.25) is 9.69 Å². The van der Waals surface area contributed by atoms with Crippen LogP contribution in [0.15, 0.2) is 23.1 Å². The van der Waals surface area contributed by atoms with Gasteiger partial charge in [0.05, 0.1) is 5.02 Å². The van der Waals surface area contributed by atoms with Gasteiger partial charge in [0.25, 0.3) is 0 Å². The molecule has 1 fully saturated rings. The van der Waals surface area contributed by atoms with Crippen molar-refractivity contribution in [2.24, 2.45) is 5.92 Å². The van der Waals surface area contributed by atoms with Gasteiger partial charge in [-0.15, -0.1) is 11.8 Å². The number of thioether (sulfide) groups is 1. The third-order valence-electron chi connectivity index (χ3n) is 3.59. The minimum Gasteiger partial charge on any atom is -0.480 e. The first-order chi connectivity index (χ1) is 9.49. The van der Waals surface area contributed by atoms with Crippen LogP contribution in [-0.2, 0) is 4.79 Å². The largest absolute Gasteiger partial charge is 0.480 e. The lowest BCUT2D eigenvalue weighted by Crippen LogP contribution is -2.40. The predicted octanol–water partition coefficient (Wildman–Crippen LogP) is 3.88. The third-order valence-corrected chi connectivity index (χ3v) is 5.30. The van der Waals surface area contributed by atoms with E-state index in [1.165, 1.54) is 0 Å². The highest BCUT2D eigenvalue weighted by Crippen LogP contribution is 2.31. The van der Waals surface area contributed by atoms with E-state index >= 15 is 0 Å². The molecule has 2 atom stereocenters. The van der Waals surface area contributed by atoms with Crippen LogP contribution in [0.1, 0.15) is 13.3 Å². The normalized spacial score (nSPS) is 23.1. The van der Waals surface area contributed by atoms with Crippen molar-refractivity contribution in [2.75, 3.05) is 18.8 Å². The van der Waals surface area contributed by atoms with E-state index in [2.05, 4.69) is 0 Å². The second-order valence-electron chi connectivity index (χ2n) is 5.01. The van der Waals surface area contributed by atoms with Crippen molar-refractivity contribution in [3.05, 3.63) is 28.2 Å². The van der Waals surface area contributed by atoms with Crippen LogP contribution < -0.4 is 0 Å². The van der Waals surface area contributed by atoms with Crippen LogP contribution in [-0.4, -0.2) is 40.9 Å². The molecule has 6 heteroatoms. The number of carboxylic acids is 1. The fourth-order valence-corrected chi connectivity index (χ4v) is 4.02. The lowest BCUT2D eigenvalue weighted by molar-refractivity contribution is -0.143. The zero-order valence-corrected chi connectivity index (χ0v) is 13.5. The van der Waals surface area contributed by atoms with Gasteiger partial charge in [0, 0.05) is 22.2 Å². The molecule has 0 bridgehead atoms. The van der Waals surface area contributed by atoms with E-state index in [4.69, 9.17) is 23.2 Å². The number of aliphatic carboxylic acids is 1. The molecule has 1 N–H and O–H groups in total. The van der Waals surface area contributed by atoms with Gasteiger partial charge in [-0.25, -0.2) is 0 Å². The third kappa shape index (κ3) is 3.82.